The van der Waals surface area contributed by atoms with Crippen LogP contribution in [0.1, 0.15) is 10.4 Å². The van der Waals surface area contributed by atoms with Gasteiger partial charge in [-0.1, -0.05) is 11.8 Å². The van der Waals surface area contributed by atoms with Crippen molar-refractivity contribution in [2.24, 2.45) is 0 Å². The molecule has 0 aliphatic heterocycles. The summed E-state index contributed by atoms with van der Waals surface area (Å²) in [7, 11) is 2.63. The van der Waals surface area contributed by atoms with Gasteiger partial charge in [-0.05, 0) is 42.5 Å². The van der Waals surface area contributed by atoms with E-state index >= 15 is 0 Å². The molecule has 0 heterocycles. The number of hydrogen-bond donors (Lipinski definition) is 2. The maximum Gasteiger partial charge on any atom is 0.411 e. The van der Waals surface area contributed by atoms with Crippen molar-refractivity contribution in [3.63, 3.8) is 0 Å². The highest BCUT2D eigenvalue weighted by molar-refractivity contribution is 7.99. The van der Waals surface area contributed by atoms with Crippen LogP contribution in [0.25, 0.3) is 0 Å². The van der Waals surface area contributed by atoms with Crippen molar-refractivity contribution < 1.29 is 19.1 Å². The lowest BCUT2D eigenvalue weighted by Crippen LogP contribution is -2.10. The third-order valence-corrected chi connectivity index (χ3v) is 4.04. The maximum atomic E-state index is 11.5. The third kappa shape index (κ3) is 4.40. The zero-order valence-corrected chi connectivity index (χ0v) is 13.5. The van der Waals surface area contributed by atoms with Gasteiger partial charge in [-0.3, -0.25) is 5.32 Å². The lowest BCUT2D eigenvalue weighted by Gasteiger charge is -2.08. The standard InChI is InChI=1S/C16H16N2O4S/c1-21-15(19)10-3-8-14(13(17)9-10)23-12-6-4-11(5-7-12)18-16(20)22-2/h3-9H,17H2,1-2H3,(H,18,20). The lowest BCUT2D eigenvalue weighted by molar-refractivity contribution is 0.0600. The lowest BCUT2D eigenvalue weighted by atomic mass is 10.2. The van der Waals surface area contributed by atoms with Crippen molar-refractivity contribution >= 4 is 35.2 Å². The number of nitrogens with one attached hydrogen (secondary N) is 1. The average molecular weight is 332 g/mol. The second-order valence-corrected chi connectivity index (χ2v) is 5.60. The summed E-state index contributed by atoms with van der Waals surface area (Å²) < 4.78 is 9.18. The predicted octanol–water partition coefficient (Wildman–Crippen LogP) is 3.38. The fraction of sp³-hybridized carbons (Fsp3) is 0.125. The van der Waals surface area contributed by atoms with E-state index < -0.39 is 12.1 Å². The molecule has 0 aliphatic carbocycles. The van der Waals surface area contributed by atoms with Gasteiger partial charge in [-0.2, -0.15) is 0 Å². The van der Waals surface area contributed by atoms with Gasteiger partial charge in [0.25, 0.3) is 0 Å². The summed E-state index contributed by atoms with van der Waals surface area (Å²) in [5.74, 6) is -0.425. The number of benzene rings is 2. The normalized spacial score (nSPS) is 10.0. The van der Waals surface area contributed by atoms with Gasteiger partial charge in [0.15, 0.2) is 0 Å². The zero-order valence-electron chi connectivity index (χ0n) is 12.7. The van der Waals surface area contributed by atoms with E-state index in [1.165, 1.54) is 26.0 Å². The van der Waals surface area contributed by atoms with Crippen LogP contribution in [-0.4, -0.2) is 26.3 Å². The number of methoxy groups -OCH3 is 2. The largest absolute Gasteiger partial charge is 0.465 e. The molecule has 2 aromatic carbocycles. The molecule has 0 saturated carbocycles. The number of carbonyl (C=O) groups is 2. The first-order valence-electron chi connectivity index (χ1n) is 6.64. The number of nitrogens with two attached hydrogens (primary N) is 1. The second-order valence-electron chi connectivity index (χ2n) is 4.49. The van der Waals surface area contributed by atoms with Crippen LogP contribution >= 0.6 is 11.8 Å². The Hall–Kier alpha value is -2.67. The van der Waals surface area contributed by atoms with E-state index in [2.05, 4.69) is 14.8 Å². The molecular formula is C16H16N2O4S. The number of ether oxygens (including phenoxy) is 2. The molecule has 0 aliphatic rings. The fourth-order valence-electron chi connectivity index (χ4n) is 1.79. The number of rotatable bonds is 4. The Kier molecular flexibility index (Phi) is 5.48. The maximum absolute atomic E-state index is 11.5. The number of hydrogen-bond acceptors (Lipinski definition) is 6. The Balaban J connectivity index is 2.10. The van der Waals surface area contributed by atoms with Gasteiger partial charge < -0.3 is 15.2 Å². The predicted molar refractivity (Wildman–Crippen MR) is 88.8 cm³/mol. The van der Waals surface area contributed by atoms with Crippen molar-refractivity contribution in [1.82, 2.24) is 0 Å². The highest BCUT2D eigenvalue weighted by Gasteiger charge is 2.09. The highest BCUT2D eigenvalue weighted by Crippen LogP contribution is 2.33. The summed E-state index contributed by atoms with van der Waals surface area (Å²) in [4.78, 5) is 24.3. The molecule has 0 spiro atoms. The van der Waals surface area contributed by atoms with E-state index in [1.807, 2.05) is 12.1 Å². The molecule has 0 aromatic heterocycles. The Labute approximate surface area is 138 Å². The minimum absolute atomic E-state index is 0.409. The van der Waals surface area contributed by atoms with Crippen LogP contribution in [0, 0.1) is 0 Å². The van der Waals surface area contributed by atoms with Crippen molar-refractivity contribution in [1.29, 1.82) is 0 Å². The monoisotopic (exact) mass is 332 g/mol. The first-order chi connectivity index (χ1) is 11.0. The molecule has 0 radical (unpaired) electrons. The summed E-state index contributed by atoms with van der Waals surface area (Å²) in [6.45, 7) is 0. The number of carbonyl (C=O) groups excluding carboxylic acids is 2. The quantitative estimate of drug-likeness (QED) is 0.659. The van der Waals surface area contributed by atoms with E-state index in [-0.39, 0.29) is 0 Å². The summed E-state index contributed by atoms with van der Waals surface area (Å²) in [6, 6.07) is 12.2. The molecule has 0 saturated heterocycles. The zero-order chi connectivity index (χ0) is 16.8. The van der Waals surface area contributed by atoms with E-state index in [0.29, 0.717) is 16.9 Å². The van der Waals surface area contributed by atoms with Crippen molar-refractivity contribution in [3.05, 3.63) is 48.0 Å². The molecule has 1 amide bonds. The Morgan fingerprint density at radius 1 is 1.04 bits per heavy atom. The van der Waals surface area contributed by atoms with Crippen LogP contribution in [0.4, 0.5) is 16.2 Å². The number of amides is 1. The molecule has 6 nitrogen and oxygen atoms in total. The van der Waals surface area contributed by atoms with Crippen LogP contribution in [0.15, 0.2) is 52.3 Å². The van der Waals surface area contributed by atoms with E-state index in [4.69, 9.17) is 5.73 Å². The van der Waals surface area contributed by atoms with Gasteiger partial charge in [-0.25, -0.2) is 9.59 Å². The van der Waals surface area contributed by atoms with Gasteiger partial charge in [0.05, 0.1) is 19.8 Å². The second kappa shape index (κ2) is 7.55. The Bertz CT molecular complexity index is 717. The van der Waals surface area contributed by atoms with Crippen LogP contribution in [0.2, 0.25) is 0 Å². The summed E-state index contributed by atoms with van der Waals surface area (Å²) in [5, 5.41) is 2.57. The summed E-state index contributed by atoms with van der Waals surface area (Å²) in [5.41, 5.74) is 7.51. The van der Waals surface area contributed by atoms with E-state index in [1.54, 1.807) is 30.3 Å². The fourth-order valence-corrected chi connectivity index (χ4v) is 2.63. The number of nitrogen functional groups attached to an aromatic ring is 1. The Morgan fingerprint density at radius 2 is 1.74 bits per heavy atom. The molecular weight excluding hydrogens is 316 g/mol. The van der Waals surface area contributed by atoms with Gasteiger partial charge in [0.1, 0.15) is 0 Å². The van der Waals surface area contributed by atoms with Crippen molar-refractivity contribution in [2.75, 3.05) is 25.3 Å². The van der Waals surface area contributed by atoms with E-state index in [0.717, 1.165) is 9.79 Å². The third-order valence-electron chi connectivity index (χ3n) is 2.94. The molecule has 7 heteroatoms. The smallest absolute Gasteiger partial charge is 0.411 e. The van der Waals surface area contributed by atoms with Crippen molar-refractivity contribution in [3.8, 4) is 0 Å². The summed E-state index contributed by atoms with van der Waals surface area (Å²) >= 11 is 1.45. The molecule has 2 aromatic rings. The summed E-state index contributed by atoms with van der Waals surface area (Å²) in [6.07, 6.45) is -0.520. The minimum Gasteiger partial charge on any atom is -0.465 e. The highest BCUT2D eigenvalue weighted by atomic mass is 32.2. The molecule has 3 N–H and O–H groups in total. The van der Waals surface area contributed by atoms with Crippen molar-refractivity contribution in [2.45, 2.75) is 9.79 Å². The number of anilines is 2. The van der Waals surface area contributed by atoms with Crippen LogP contribution in [-0.2, 0) is 9.47 Å². The molecule has 0 unspecified atom stereocenters. The molecule has 0 fully saturated rings. The molecule has 23 heavy (non-hydrogen) atoms. The first-order valence-corrected chi connectivity index (χ1v) is 7.46. The molecule has 2 rings (SSSR count). The first kappa shape index (κ1) is 16.7. The molecule has 0 atom stereocenters. The van der Waals surface area contributed by atoms with Crippen LogP contribution in [0.5, 0.6) is 0 Å². The van der Waals surface area contributed by atoms with Gasteiger partial charge in [0, 0.05) is 21.2 Å². The molecule has 0 bridgehead atoms. The van der Waals surface area contributed by atoms with Gasteiger partial charge in [-0.15, -0.1) is 0 Å². The topological polar surface area (TPSA) is 90.6 Å². The van der Waals surface area contributed by atoms with Gasteiger partial charge >= 0.3 is 12.1 Å². The van der Waals surface area contributed by atoms with E-state index in [9.17, 15) is 9.59 Å². The average Bonchev–Trinajstić information content (AvgIpc) is 2.57. The minimum atomic E-state index is -0.520. The van der Waals surface area contributed by atoms with Gasteiger partial charge in [0.2, 0.25) is 0 Å². The number of esters is 1. The Morgan fingerprint density at radius 3 is 2.30 bits per heavy atom. The van der Waals surface area contributed by atoms with Crippen LogP contribution < -0.4 is 11.1 Å². The SMILES string of the molecule is COC(=O)Nc1ccc(Sc2ccc(C(=O)OC)cc2N)cc1. The van der Waals surface area contributed by atoms with Crippen LogP contribution in [0.3, 0.4) is 0 Å². The molecule has 120 valence electrons.